The van der Waals surface area contributed by atoms with Gasteiger partial charge in [-0.2, -0.15) is 0 Å². The number of amides is 1. The number of carbonyl (C=O) groups is 3. The standard InChI is InChI=1S/C44H63NO7/c1-37(2)40(5)19-22-44(37,52-36(40)49)35(48)45(26-30-12-9-23-51-30)27-42(50)18-15-33-39(42,4)17-14-32-38(3)16-13-29(46)24-41(38)20-21-43(32,33)31(25-41)34(47)28-10-7-6-8-11-28/h20-21,25,28-30,32-33,46,50H,6-19,22-24,26-27H2,1-5H3/t29?,30-,32-,33-,38-,39+,40+,41+,42-,43-,44-/m1/s1. The second-order valence-corrected chi connectivity index (χ2v) is 20.5. The van der Waals surface area contributed by atoms with Gasteiger partial charge in [0.2, 0.25) is 0 Å². The molecule has 2 spiro atoms. The van der Waals surface area contributed by atoms with Gasteiger partial charge in [0, 0.05) is 46.3 Å². The van der Waals surface area contributed by atoms with E-state index in [-0.39, 0.29) is 59.2 Å². The molecule has 7 fully saturated rings. The van der Waals surface area contributed by atoms with Crippen LogP contribution in [0.5, 0.6) is 0 Å². The van der Waals surface area contributed by atoms with Crippen molar-refractivity contribution >= 4 is 17.7 Å². The van der Waals surface area contributed by atoms with Crippen molar-refractivity contribution in [3.63, 3.8) is 0 Å². The Morgan fingerprint density at radius 3 is 2.23 bits per heavy atom. The minimum Gasteiger partial charge on any atom is -0.448 e. The van der Waals surface area contributed by atoms with Gasteiger partial charge in [0.1, 0.15) is 0 Å². The van der Waals surface area contributed by atoms with Crippen molar-refractivity contribution in [2.24, 2.45) is 50.2 Å². The van der Waals surface area contributed by atoms with Crippen molar-refractivity contribution < 1.29 is 34.1 Å². The van der Waals surface area contributed by atoms with Crippen LogP contribution < -0.4 is 0 Å². The first-order chi connectivity index (χ1) is 24.5. The maximum absolute atomic E-state index is 15.1. The van der Waals surface area contributed by atoms with Crippen LogP contribution in [0.15, 0.2) is 23.8 Å². The lowest BCUT2D eigenvalue weighted by Gasteiger charge is -2.71. The SMILES string of the molecule is CC1(C)[C@@]2(C)CC[C@]1(C(=O)N(C[C@H]1CCCO1)C[C@]1(O)CC[C@H]3[C@]45C=C[C@@]6(C=C4C(=O)C4CCCCC4)CC(O)CC[C@]6(C)[C@H]5CC[C@@]31C)OC2=O. The number of rotatable bonds is 7. The number of ketones is 1. The zero-order chi connectivity index (χ0) is 36.7. The molecule has 8 nitrogen and oxygen atoms in total. The number of Topliss-reactive ketones (excluding diaryl/α,β-unsaturated/α-hetero) is 1. The molecule has 0 aromatic carbocycles. The number of aliphatic hydroxyl groups is 2. The largest absolute Gasteiger partial charge is 0.448 e. The Hall–Kier alpha value is -2.03. The molecule has 10 aliphatic rings. The highest BCUT2D eigenvalue weighted by Crippen LogP contribution is 2.78. The second-order valence-electron chi connectivity index (χ2n) is 20.5. The first kappa shape index (κ1) is 35.7. The summed E-state index contributed by atoms with van der Waals surface area (Å²) in [5.41, 5.74) is -4.33. The van der Waals surface area contributed by atoms with Crippen molar-refractivity contribution in [1.82, 2.24) is 4.90 Å². The number of allylic oxidation sites excluding steroid dienone is 4. The molecule has 286 valence electrons. The van der Waals surface area contributed by atoms with Crippen LogP contribution in [0.1, 0.15) is 137 Å². The van der Waals surface area contributed by atoms with Gasteiger partial charge in [-0.3, -0.25) is 14.4 Å². The highest BCUT2D eigenvalue weighted by atomic mass is 16.6. The van der Waals surface area contributed by atoms with E-state index >= 15 is 4.79 Å². The third kappa shape index (κ3) is 4.19. The minimum atomic E-state index is -1.26. The van der Waals surface area contributed by atoms with E-state index in [1.165, 1.54) is 6.42 Å². The summed E-state index contributed by atoms with van der Waals surface area (Å²) in [6.45, 7) is 11.9. The van der Waals surface area contributed by atoms with Gasteiger partial charge in [-0.1, -0.05) is 65.2 Å². The molecular formula is C44H63NO7. The average molecular weight is 718 g/mol. The smallest absolute Gasteiger partial charge is 0.313 e. The summed E-state index contributed by atoms with van der Waals surface area (Å²) in [5, 5.41) is 24.4. The highest BCUT2D eigenvalue weighted by Gasteiger charge is 2.78. The molecule has 0 aromatic heterocycles. The summed E-state index contributed by atoms with van der Waals surface area (Å²) < 4.78 is 12.3. The molecule has 10 rings (SSSR count). The maximum atomic E-state index is 15.1. The number of fused-ring (bicyclic) bond motifs is 3. The molecule has 2 saturated heterocycles. The lowest BCUT2D eigenvalue weighted by atomic mass is 9.32. The van der Waals surface area contributed by atoms with Crippen LogP contribution in [-0.2, 0) is 23.9 Å². The van der Waals surface area contributed by atoms with E-state index in [2.05, 4.69) is 32.1 Å². The molecule has 1 amide bonds. The van der Waals surface area contributed by atoms with Crippen LogP contribution >= 0.6 is 0 Å². The summed E-state index contributed by atoms with van der Waals surface area (Å²) in [6, 6.07) is 0. The molecule has 2 heterocycles. The van der Waals surface area contributed by atoms with Crippen LogP contribution in [0.4, 0.5) is 0 Å². The summed E-state index contributed by atoms with van der Waals surface area (Å²) in [7, 11) is 0. The predicted octanol–water partition coefficient (Wildman–Crippen LogP) is 6.86. The fourth-order valence-corrected chi connectivity index (χ4v) is 14.8. The summed E-state index contributed by atoms with van der Waals surface area (Å²) in [4.78, 5) is 45.2. The van der Waals surface area contributed by atoms with Gasteiger partial charge in [-0.05, 0) is 108 Å². The van der Waals surface area contributed by atoms with Gasteiger partial charge >= 0.3 is 5.97 Å². The molecule has 11 atom stereocenters. The lowest BCUT2D eigenvalue weighted by molar-refractivity contribution is -0.189. The number of esters is 1. The third-order valence-corrected chi connectivity index (χ3v) is 18.6. The van der Waals surface area contributed by atoms with E-state index in [9.17, 15) is 19.8 Å². The molecule has 0 radical (unpaired) electrons. The van der Waals surface area contributed by atoms with Gasteiger partial charge in [0.05, 0.1) is 29.8 Å². The number of nitrogens with zero attached hydrogens (tertiary/aromatic N) is 1. The first-order valence-electron chi connectivity index (χ1n) is 21.1. The Morgan fingerprint density at radius 1 is 0.846 bits per heavy atom. The van der Waals surface area contributed by atoms with Crippen molar-refractivity contribution in [2.45, 2.75) is 161 Å². The van der Waals surface area contributed by atoms with Crippen molar-refractivity contribution in [2.75, 3.05) is 19.7 Å². The lowest BCUT2D eigenvalue weighted by Crippen LogP contribution is -2.68. The van der Waals surface area contributed by atoms with Gasteiger partial charge in [0.25, 0.3) is 5.91 Å². The quantitative estimate of drug-likeness (QED) is 0.219. The number of carbonyl (C=O) groups excluding carboxylic acids is 3. The van der Waals surface area contributed by atoms with Gasteiger partial charge in [-0.25, -0.2) is 0 Å². The Kier molecular flexibility index (Phi) is 7.73. The Labute approximate surface area is 310 Å². The normalized spacial score (nSPS) is 50.0. The van der Waals surface area contributed by atoms with E-state index < -0.39 is 32.9 Å². The van der Waals surface area contributed by atoms with Gasteiger partial charge in [0.15, 0.2) is 11.4 Å². The predicted molar refractivity (Wildman–Crippen MR) is 196 cm³/mol. The minimum absolute atomic E-state index is 0.0362. The average Bonchev–Trinajstić information content (AvgIpc) is 3.82. The fourth-order valence-electron chi connectivity index (χ4n) is 14.8. The molecule has 5 saturated carbocycles. The van der Waals surface area contributed by atoms with Crippen LogP contribution in [0.3, 0.4) is 0 Å². The highest BCUT2D eigenvalue weighted by molar-refractivity contribution is 6.00. The van der Waals surface area contributed by atoms with E-state index in [1.54, 1.807) is 0 Å². The molecule has 0 aromatic rings. The first-order valence-corrected chi connectivity index (χ1v) is 21.1. The Bertz CT molecular complexity index is 1620. The monoisotopic (exact) mass is 717 g/mol. The van der Waals surface area contributed by atoms with E-state index in [4.69, 9.17) is 9.47 Å². The molecule has 2 N–H and O–H groups in total. The fraction of sp³-hybridized carbons (Fsp3) is 0.841. The summed E-state index contributed by atoms with van der Waals surface area (Å²) in [6.07, 6.45) is 20.3. The van der Waals surface area contributed by atoms with Crippen molar-refractivity contribution in [3.8, 4) is 0 Å². The molecular weight excluding hydrogens is 654 g/mol. The molecule has 52 heavy (non-hydrogen) atoms. The van der Waals surface area contributed by atoms with Gasteiger partial charge < -0.3 is 24.6 Å². The summed E-state index contributed by atoms with van der Waals surface area (Å²) in [5.74, 6) is 0.176. The molecule has 1 unspecified atom stereocenters. The second kappa shape index (κ2) is 11.3. The summed E-state index contributed by atoms with van der Waals surface area (Å²) >= 11 is 0. The van der Waals surface area contributed by atoms with Gasteiger partial charge in [-0.15, -0.1) is 0 Å². The van der Waals surface area contributed by atoms with Crippen LogP contribution in [0.2, 0.25) is 0 Å². The number of hydrogen-bond donors (Lipinski definition) is 2. The van der Waals surface area contributed by atoms with Crippen molar-refractivity contribution in [1.29, 1.82) is 0 Å². The molecule has 8 aliphatic carbocycles. The van der Waals surface area contributed by atoms with E-state index in [0.717, 1.165) is 76.2 Å². The van der Waals surface area contributed by atoms with Crippen LogP contribution in [0.25, 0.3) is 0 Å². The Morgan fingerprint density at radius 2 is 1.56 bits per heavy atom. The number of hydrogen-bond acceptors (Lipinski definition) is 7. The van der Waals surface area contributed by atoms with Crippen molar-refractivity contribution in [3.05, 3.63) is 23.8 Å². The van der Waals surface area contributed by atoms with Crippen LogP contribution in [-0.4, -0.2) is 75.9 Å². The van der Waals surface area contributed by atoms with E-state index in [1.807, 2.05) is 25.7 Å². The molecule has 2 aliphatic heterocycles. The topological polar surface area (TPSA) is 113 Å². The van der Waals surface area contributed by atoms with E-state index in [0.29, 0.717) is 44.6 Å². The Balaban J connectivity index is 1.10. The maximum Gasteiger partial charge on any atom is 0.313 e. The third-order valence-electron chi connectivity index (χ3n) is 18.6. The van der Waals surface area contributed by atoms with Crippen LogP contribution in [0, 0.1) is 50.2 Å². The molecule has 4 bridgehead atoms. The zero-order valence-electron chi connectivity index (χ0n) is 32.4. The zero-order valence-corrected chi connectivity index (χ0v) is 32.4. The number of ether oxygens (including phenoxy) is 2. The molecule has 8 heteroatoms. The number of aliphatic hydroxyl groups excluding tert-OH is 1.